The summed E-state index contributed by atoms with van der Waals surface area (Å²) in [7, 11) is -2.81. The lowest BCUT2D eigenvalue weighted by molar-refractivity contribution is -0.139. The Bertz CT molecular complexity index is 288. The van der Waals surface area contributed by atoms with E-state index in [1.165, 1.54) is 5.67 Å². The molecule has 0 saturated carbocycles. The van der Waals surface area contributed by atoms with E-state index < -0.39 is 38.3 Å². The predicted octanol–water partition coefficient (Wildman–Crippen LogP) is 5.56. The van der Waals surface area contributed by atoms with Gasteiger partial charge in [0.15, 0.2) is 0 Å². The molecule has 0 N–H and O–H groups in total. The second-order valence-corrected chi connectivity index (χ2v) is 20.8. The van der Waals surface area contributed by atoms with Crippen molar-refractivity contribution in [2.75, 3.05) is 0 Å². The standard InChI is InChI=1S/C14H33F3Si3/c1-13(10-18(2)3,8-9-14(15,16)17)11-20(6,7)12-19(4)5/h18-19H,8-12H2,1-7H3. The molecule has 0 aliphatic heterocycles. The third-order valence-electron chi connectivity index (χ3n) is 3.78. The molecule has 0 heterocycles. The van der Waals surface area contributed by atoms with Gasteiger partial charge in [-0.15, -0.1) is 0 Å². The molecule has 0 aromatic heterocycles. The molecule has 0 amide bonds. The number of hydrogen-bond donors (Lipinski definition) is 0. The largest absolute Gasteiger partial charge is 0.389 e. The second kappa shape index (κ2) is 7.63. The van der Waals surface area contributed by atoms with Crippen LogP contribution in [0.1, 0.15) is 19.8 Å². The smallest absolute Gasteiger partial charge is 0.171 e. The van der Waals surface area contributed by atoms with Gasteiger partial charge in [-0.25, -0.2) is 0 Å². The van der Waals surface area contributed by atoms with E-state index in [0.29, 0.717) is 6.42 Å². The van der Waals surface area contributed by atoms with E-state index in [1.54, 1.807) is 0 Å². The summed E-state index contributed by atoms with van der Waals surface area (Å²) >= 11 is 0. The van der Waals surface area contributed by atoms with Gasteiger partial charge in [-0.3, -0.25) is 0 Å². The molecule has 1 atom stereocenters. The fourth-order valence-electron chi connectivity index (χ4n) is 4.02. The zero-order valence-corrected chi connectivity index (χ0v) is 17.6. The van der Waals surface area contributed by atoms with E-state index in [0.717, 1.165) is 12.1 Å². The predicted molar refractivity (Wildman–Crippen MR) is 93.1 cm³/mol. The highest BCUT2D eigenvalue weighted by Crippen LogP contribution is 2.42. The molecule has 0 radical (unpaired) electrons. The maximum Gasteiger partial charge on any atom is 0.389 e. The van der Waals surface area contributed by atoms with Gasteiger partial charge < -0.3 is 0 Å². The molecule has 20 heavy (non-hydrogen) atoms. The highest BCUT2D eigenvalue weighted by Gasteiger charge is 2.38. The van der Waals surface area contributed by atoms with Crippen molar-refractivity contribution in [3.8, 4) is 0 Å². The molecule has 1 unspecified atom stereocenters. The van der Waals surface area contributed by atoms with Crippen molar-refractivity contribution in [3.63, 3.8) is 0 Å². The van der Waals surface area contributed by atoms with Gasteiger partial charge in [-0.05, 0) is 11.8 Å². The van der Waals surface area contributed by atoms with Crippen LogP contribution in [0.25, 0.3) is 0 Å². The Hall–Kier alpha value is 0.441. The van der Waals surface area contributed by atoms with Gasteiger partial charge >= 0.3 is 6.18 Å². The lowest BCUT2D eigenvalue weighted by Crippen LogP contribution is -2.38. The molecule has 0 aromatic rings. The molecule has 0 aliphatic carbocycles. The van der Waals surface area contributed by atoms with Crippen LogP contribution in [0, 0.1) is 5.41 Å². The fraction of sp³-hybridized carbons (Fsp3) is 1.00. The van der Waals surface area contributed by atoms with Crippen LogP contribution in [-0.4, -0.2) is 31.8 Å². The van der Waals surface area contributed by atoms with Crippen LogP contribution in [0.4, 0.5) is 13.2 Å². The summed E-state index contributed by atoms with van der Waals surface area (Å²) in [5.74, 6) is 0. The summed E-state index contributed by atoms with van der Waals surface area (Å²) in [5, 5.41) is 0. The molecule has 0 bridgehead atoms. The van der Waals surface area contributed by atoms with E-state index in [2.05, 4.69) is 46.2 Å². The van der Waals surface area contributed by atoms with Crippen LogP contribution < -0.4 is 0 Å². The van der Waals surface area contributed by atoms with Crippen LogP contribution in [0.5, 0.6) is 0 Å². The molecule has 0 aromatic carbocycles. The van der Waals surface area contributed by atoms with Crippen molar-refractivity contribution < 1.29 is 13.2 Å². The van der Waals surface area contributed by atoms with Crippen molar-refractivity contribution in [2.24, 2.45) is 5.41 Å². The number of rotatable bonds is 8. The molecule has 122 valence electrons. The average molecular weight is 343 g/mol. The average Bonchev–Trinajstić information content (AvgIpc) is 2.08. The summed E-state index contributed by atoms with van der Waals surface area (Å²) in [6, 6.07) is 2.13. The molecular formula is C14H33F3Si3. The number of halogens is 3. The Morgan fingerprint density at radius 3 is 1.75 bits per heavy atom. The van der Waals surface area contributed by atoms with Gasteiger partial charge in [0.25, 0.3) is 0 Å². The Morgan fingerprint density at radius 2 is 1.40 bits per heavy atom. The van der Waals surface area contributed by atoms with Crippen molar-refractivity contribution in [1.29, 1.82) is 0 Å². The number of hydrogen-bond acceptors (Lipinski definition) is 0. The summed E-state index contributed by atoms with van der Waals surface area (Å²) in [5.41, 5.74) is 1.28. The van der Waals surface area contributed by atoms with Crippen molar-refractivity contribution in [3.05, 3.63) is 0 Å². The monoisotopic (exact) mass is 342 g/mol. The minimum atomic E-state index is -4.00. The van der Waals surface area contributed by atoms with Gasteiger partial charge in [-0.1, -0.05) is 64.0 Å². The first kappa shape index (κ1) is 20.4. The minimum Gasteiger partial charge on any atom is -0.171 e. The molecule has 0 rings (SSSR count). The van der Waals surface area contributed by atoms with E-state index >= 15 is 0 Å². The quantitative estimate of drug-likeness (QED) is 0.507. The Morgan fingerprint density at radius 1 is 0.900 bits per heavy atom. The van der Waals surface area contributed by atoms with Crippen LogP contribution >= 0.6 is 0 Å². The molecule has 0 spiro atoms. The van der Waals surface area contributed by atoms with Crippen LogP contribution in [-0.2, 0) is 0 Å². The van der Waals surface area contributed by atoms with Crippen molar-refractivity contribution in [2.45, 2.75) is 83.0 Å². The van der Waals surface area contributed by atoms with Gasteiger partial charge in [0, 0.05) is 32.1 Å². The first-order chi connectivity index (χ1) is 8.75. The minimum absolute atomic E-state index is 0.0745. The van der Waals surface area contributed by atoms with E-state index in [4.69, 9.17) is 0 Å². The zero-order chi connectivity index (χ0) is 16.2. The lowest BCUT2D eigenvalue weighted by Gasteiger charge is -2.39. The topological polar surface area (TPSA) is 0 Å². The Kier molecular flexibility index (Phi) is 7.80. The Labute approximate surface area is 127 Å². The first-order valence-electron chi connectivity index (χ1n) is 7.81. The summed E-state index contributed by atoms with van der Waals surface area (Å²) in [6.45, 7) is 16.1. The molecule has 6 heteroatoms. The first-order valence-corrected chi connectivity index (χ1v) is 17.5. The SMILES string of the molecule is C[SiH](C)CC(C)(CCC(F)(F)F)C[Si](C)(C)C[SiH](C)C. The normalized spacial score (nSPS) is 16.8. The molecule has 0 nitrogen and oxygen atoms in total. The van der Waals surface area contributed by atoms with Gasteiger partial charge in [0.2, 0.25) is 0 Å². The lowest BCUT2D eigenvalue weighted by atomic mass is 9.89. The molecule has 0 aliphatic rings. The molecule has 0 saturated heterocycles. The third kappa shape index (κ3) is 10.2. The van der Waals surface area contributed by atoms with E-state index in [1.807, 2.05) is 0 Å². The fourth-order valence-corrected chi connectivity index (χ4v) is 18.7. The number of alkyl halides is 3. The summed E-state index contributed by atoms with van der Waals surface area (Å²) in [4.78, 5) is 0. The van der Waals surface area contributed by atoms with E-state index in [9.17, 15) is 13.2 Å². The van der Waals surface area contributed by atoms with Gasteiger partial charge in [0.1, 0.15) is 0 Å². The third-order valence-corrected chi connectivity index (χ3v) is 15.1. The van der Waals surface area contributed by atoms with Crippen LogP contribution in [0.2, 0.25) is 57.0 Å². The van der Waals surface area contributed by atoms with Crippen LogP contribution in [0.15, 0.2) is 0 Å². The van der Waals surface area contributed by atoms with Crippen LogP contribution in [0.3, 0.4) is 0 Å². The van der Waals surface area contributed by atoms with Gasteiger partial charge in [-0.2, -0.15) is 13.2 Å². The van der Waals surface area contributed by atoms with E-state index in [-0.39, 0.29) is 5.41 Å². The molecule has 0 fully saturated rings. The van der Waals surface area contributed by atoms with Crippen molar-refractivity contribution in [1.82, 2.24) is 0 Å². The maximum atomic E-state index is 12.6. The highest BCUT2D eigenvalue weighted by molar-refractivity contribution is 6.87. The van der Waals surface area contributed by atoms with Crippen molar-refractivity contribution >= 4 is 25.7 Å². The maximum absolute atomic E-state index is 12.6. The highest BCUT2D eigenvalue weighted by atomic mass is 28.4. The summed E-state index contributed by atoms with van der Waals surface area (Å²) in [6.07, 6.45) is -4.27. The summed E-state index contributed by atoms with van der Waals surface area (Å²) < 4.78 is 37.8. The van der Waals surface area contributed by atoms with Gasteiger partial charge in [0.05, 0.1) is 0 Å². The Balaban J connectivity index is 4.85. The second-order valence-electron chi connectivity index (χ2n) is 8.46. The molecular weight excluding hydrogens is 309 g/mol. The zero-order valence-electron chi connectivity index (χ0n) is 14.3.